The Balaban J connectivity index is 2.32. The van der Waals surface area contributed by atoms with Crippen molar-refractivity contribution in [3.05, 3.63) is 34.9 Å². The van der Waals surface area contributed by atoms with E-state index in [1.807, 2.05) is 0 Å². The molecule has 0 saturated carbocycles. The van der Waals surface area contributed by atoms with Gasteiger partial charge in [0.05, 0.1) is 5.92 Å². The Hall–Kier alpha value is -1.35. The predicted octanol–water partition coefficient (Wildman–Crippen LogP) is 1.69. The molecule has 0 aliphatic carbocycles. The lowest BCUT2D eigenvalue weighted by atomic mass is 9.87. The lowest BCUT2D eigenvalue weighted by Gasteiger charge is -2.16. The third-order valence-corrected chi connectivity index (χ3v) is 3.20. The maximum atomic E-state index is 11.1. The van der Waals surface area contributed by atoms with Crippen LogP contribution < -0.4 is 5.32 Å². The fourth-order valence-corrected chi connectivity index (χ4v) is 2.51. The number of rotatable bonds is 2. The van der Waals surface area contributed by atoms with E-state index in [9.17, 15) is 4.79 Å². The fraction of sp³-hybridized carbons (Fsp3) is 0.462. The van der Waals surface area contributed by atoms with Gasteiger partial charge in [0.15, 0.2) is 0 Å². The van der Waals surface area contributed by atoms with Crippen molar-refractivity contribution >= 4 is 5.97 Å². The van der Waals surface area contributed by atoms with Crippen LogP contribution in [-0.4, -0.2) is 24.2 Å². The Bertz CT molecular complexity index is 394. The third-order valence-electron chi connectivity index (χ3n) is 3.20. The summed E-state index contributed by atoms with van der Waals surface area (Å²) in [6.07, 6.45) is 0. The molecule has 0 radical (unpaired) electrons. The molecular formula is C13H17NO2. The first kappa shape index (κ1) is 11.1. The SMILES string of the molecule is Cc1cc(C)cc(C2CNCC2C(=O)O)c1. The summed E-state index contributed by atoms with van der Waals surface area (Å²) in [4.78, 5) is 11.1. The van der Waals surface area contributed by atoms with E-state index in [4.69, 9.17) is 5.11 Å². The molecule has 1 aromatic carbocycles. The van der Waals surface area contributed by atoms with Crippen molar-refractivity contribution in [1.82, 2.24) is 5.32 Å². The highest BCUT2D eigenvalue weighted by atomic mass is 16.4. The van der Waals surface area contributed by atoms with Crippen LogP contribution in [0.1, 0.15) is 22.6 Å². The molecule has 2 unspecified atom stereocenters. The third kappa shape index (κ3) is 2.09. The molecule has 86 valence electrons. The van der Waals surface area contributed by atoms with Crippen LogP contribution in [0.25, 0.3) is 0 Å². The summed E-state index contributed by atoms with van der Waals surface area (Å²) in [6.45, 7) is 5.44. The molecule has 1 aliphatic heterocycles. The number of carboxylic acids is 1. The van der Waals surface area contributed by atoms with E-state index in [1.54, 1.807) is 0 Å². The van der Waals surface area contributed by atoms with E-state index in [1.165, 1.54) is 11.1 Å². The highest BCUT2D eigenvalue weighted by Crippen LogP contribution is 2.29. The second-order valence-corrected chi connectivity index (χ2v) is 4.63. The fourth-order valence-electron chi connectivity index (χ4n) is 2.51. The quantitative estimate of drug-likeness (QED) is 0.795. The molecule has 3 nitrogen and oxygen atoms in total. The Kier molecular flexibility index (Phi) is 2.97. The van der Waals surface area contributed by atoms with Crippen molar-refractivity contribution in [2.75, 3.05) is 13.1 Å². The molecular weight excluding hydrogens is 202 g/mol. The number of carbonyl (C=O) groups is 1. The summed E-state index contributed by atoms with van der Waals surface area (Å²) in [5.74, 6) is -0.883. The standard InChI is InChI=1S/C13H17NO2/c1-8-3-9(2)5-10(4-8)11-6-14-7-12(11)13(15)16/h3-5,11-12,14H,6-7H2,1-2H3,(H,15,16). The maximum Gasteiger partial charge on any atom is 0.308 e. The van der Waals surface area contributed by atoms with Gasteiger partial charge in [0.25, 0.3) is 0 Å². The number of aryl methyl sites for hydroxylation is 2. The van der Waals surface area contributed by atoms with Gasteiger partial charge in [-0.15, -0.1) is 0 Å². The first-order valence-electron chi connectivity index (χ1n) is 5.59. The first-order valence-corrected chi connectivity index (χ1v) is 5.59. The number of carboxylic acid groups (broad SMARTS) is 1. The van der Waals surface area contributed by atoms with Crippen molar-refractivity contribution in [1.29, 1.82) is 0 Å². The number of hydrogen-bond donors (Lipinski definition) is 2. The number of hydrogen-bond acceptors (Lipinski definition) is 2. The second kappa shape index (κ2) is 4.26. The highest BCUT2D eigenvalue weighted by molar-refractivity contribution is 5.72. The monoisotopic (exact) mass is 219 g/mol. The number of nitrogens with one attached hydrogen (secondary N) is 1. The molecule has 1 heterocycles. The molecule has 0 aromatic heterocycles. The van der Waals surface area contributed by atoms with Gasteiger partial charge in [-0.3, -0.25) is 4.79 Å². The van der Waals surface area contributed by atoms with E-state index < -0.39 is 5.97 Å². The van der Waals surface area contributed by atoms with Gasteiger partial charge in [0, 0.05) is 19.0 Å². The van der Waals surface area contributed by atoms with Gasteiger partial charge >= 0.3 is 5.97 Å². The normalized spacial score (nSPS) is 24.6. The van der Waals surface area contributed by atoms with Crippen molar-refractivity contribution < 1.29 is 9.90 Å². The number of aliphatic carboxylic acids is 1. The molecule has 1 fully saturated rings. The van der Waals surface area contributed by atoms with Gasteiger partial charge in [-0.25, -0.2) is 0 Å². The van der Waals surface area contributed by atoms with Crippen LogP contribution in [0.4, 0.5) is 0 Å². The van der Waals surface area contributed by atoms with Gasteiger partial charge in [0.2, 0.25) is 0 Å². The Morgan fingerprint density at radius 1 is 1.25 bits per heavy atom. The van der Waals surface area contributed by atoms with Crippen LogP contribution in [0.3, 0.4) is 0 Å². The van der Waals surface area contributed by atoms with Crippen LogP contribution in [-0.2, 0) is 4.79 Å². The summed E-state index contributed by atoms with van der Waals surface area (Å²) in [5, 5.41) is 12.3. The molecule has 2 rings (SSSR count). The minimum Gasteiger partial charge on any atom is -0.481 e. The average molecular weight is 219 g/mol. The molecule has 0 bridgehead atoms. The number of benzene rings is 1. The van der Waals surface area contributed by atoms with E-state index in [2.05, 4.69) is 37.4 Å². The summed E-state index contributed by atoms with van der Waals surface area (Å²) < 4.78 is 0. The van der Waals surface area contributed by atoms with Gasteiger partial charge in [-0.1, -0.05) is 29.3 Å². The van der Waals surface area contributed by atoms with Gasteiger partial charge in [-0.05, 0) is 19.4 Å². The average Bonchev–Trinajstić information content (AvgIpc) is 2.63. The minimum absolute atomic E-state index is 0.107. The van der Waals surface area contributed by atoms with E-state index in [0.29, 0.717) is 6.54 Å². The second-order valence-electron chi connectivity index (χ2n) is 4.63. The highest BCUT2D eigenvalue weighted by Gasteiger charge is 2.33. The lowest BCUT2D eigenvalue weighted by molar-refractivity contribution is -0.141. The molecule has 2 N–H and O–H groups in total. The zero-order valence-corrected chi connectivity index (χ0v) is 9.66. The topological polar surface area (TPSA) is 49.3 Å². The summed E-state index contributed by atoms with van der Waals surface area (Å²) in [7, 11) is 0. The first-order chi connectivity index (χ1) is 7.58. The molecule has 2 atom stereocenters. The molecule has 1 aliphatic rings. The molecule has 3 heteroatoms. The summed E-state index contributed by atoms with van der Waals surface area (Å²) in [6, 6.07) is 6.31. The van der Waals surface area contributed by atoms with Crippen LogP contribution >= 0.6 is 0 Å². The van der Waals surface area contributed by atoms with Crippen molar-refractivity contribution in [2.24, 2.45) is 5.92 Å². The van der Waals surface area contributed by atoms with Gasteiger partial charge in [-0.2, -0.15) is 0 Å². The van der Waals surface area contributed by atoms with Crippen molar-refractivity contribution in [3.8, 4) is 0 Å². The largest absolute Gasteiger partial charge is 0.481 e. The van der Waals surface area contributed by atoms with Gasteiger partial charge < -0.3 is 10.4 Å². The van der Waals surface area contributed by atoms with Crippen LogP contribution in [0.2, 0.25) is 0 Å². The van der Waals surface area contributed by atoms with E-state index in [-0.39, 0.29) is 11.8 Å². The Morgan fingerprint density at radius 2 is 1.88 bits per heavy atom. The van der Waals surface area contributed by atoms with Gasteiger partial charge in [0.1, 0.15) is 0 Å². The lowest BCUT2D eigenvalue weighted by Crippen LogP contribution is -2.21. The van der Waals surface area contributed by atoms with E-state index in [0.717, 1.165) is 12.1 Å². The summed E-state index contributed by atoms with van der Waals surface area (Å²) >= 11 is 0. The maximum absolute atomic E-state index is 11.1. The zero-order chi connectivity index (χ0) is 11.7. The predicted molar refractivity (Wildman–Crippen MR) is 62.7 cm³/mol. The molecule has 0 spiro atoms. The van der Waals surface area contributed by atoms with Crippen LogP contribution in [0, 0.1) is 19.8 Å². The van der Waals surface area contributed by atoms with Crippen molar-refractivity contribution in [2.45, 2.75) is 19.8 Å². The smallest absolute Gasteiger partial charge is 0.308 e. The molecule has 16 heavy (non-hydrogen) atoms. The van der Waals surface area contributed by atoms with E-state index >= 15 is 0 Å². The zero-order valence-electron chi connectivity index (χ0n) is 9.66. The minimum atomic E-state index is -0.700. The molecule has 1 saturated heterocycles. The molecule has 1 aromatic rings. The van der Waals surface area contributed by atoms with Crippen LogP contribution in [0.15, 0.2) is 18.2 Å². The van der Waals surface area contributed by atoms with Crippen molar-refractivity contribution in [3.63, 3.8) is 0 Å². The summed E-state index contributed by atoms with van der Waals surface area (Å²) in [5.41, 5.74) is 3.55. The molecule has 0 amide bonds. The Morgan fingerprint density at radius 3 is 2.44 bits per heavy atom. The van der Waals surface area contributed by atoms with Crippen LogP contribution in [0.5, 0.6) is 0 Å². The Labute approximate surface area is 95.5 Å².